The van der Waals surface area contributed by atoms with Crippen molar-refractivity contribution in [3.05, 3.63) is 30.1 Å². The van der Waals surface area contributed by atoms with E-state index in [1.165, 1.54) is 0 Å². The largest absolute Gasteiger partial charge is 0.382 e. The Hall–Kier alpha value is -2.71. The molecule has 156 valence electrons. The highest BCUT2D eigenvalue weighted by Crippen LogP contribution is 2.30. The van der Waals surface area contributed by atoms with Crippen LogP contribution < -0.4 is 11.1 Å². The third-order valence-corrected chi connectivity index (χ3v) is 4.59. The van der Waals surface area contributed by atoms with Crippen molar-refractivity contribution in [1.82, 2.24) is 19.9 Å². The zero-order valence-electron chi connectivity index (χ0n) is 17.5. The number of benzene rings is 1. The molecule has 0 bridgehead atoms. The van der Waals surface area contributed by atoms with Crippen molar-refractivity contribution >= 4 is 33.7 Å². The fourth-order valence-electron chi connectivity index (χ4n) is 3.42. The molecule has 0 saturated heterocycles. The zero-order valence-corrected chi connectivity index (χ0v) is 17.5. The van der Waals surface area contributed by atoms with E-state index < -0.39 is 5.54 Å². The van der Waals surface area contributed by atoms with Crippen LogP contribution in [0.4, 0.5) is 5.82 Å². The average Bonchev–Trinajstić information content (AvgIpc) is 3.03. The van der Waals surface area contributed by atoms with Gasteiger partial charge >= 0.3 is 0 Å². The monoisotopic (exact) mass is 399 g/mol. The number of carbonyl (C=O) groups excluding carboxylic acids is 1. The maximum Gasteiger partial charge on any atom is 0.246 e. The molecule has 3 N–H and O–H groups in total. The summed E-state index contributed by atoms with van der Waals surface area (Å²) in [6.45, 7) is 9.70. The summed E-state index contributed by atoms with van der Waals surface area (Å²) in [6.07, 6.45) is 0. The third kappa shape index (κ3) is 4.65. The Morgan fingerprint density at radius 1 is 1.17 bits per heavy atom. The minimum absolute atomic E-state index is 0.0379. The van der Waals surface area contributed by atoms with Gasteiger partial charge in [0.1, 0.15) is 24.6 Å². The molecule has 2 heterocycles. The number of ether oxygens (including phenoxy) is 2. The molecule has 8 nitrogen and oxygen atoms in total. The first kappa shape index (κ1) is 21.0. The van der Waals surface area contributed by atoms with Crippen molar-refractivity contribution in [2.45, 2.75) is 46.4 Å². The van der Waals surface area contributed by atoms with Crippen molar-refractivity contribution in [1.29, 1.82) is 0 Å². The number of amides is 1. The molecule has 3 rings (SSSR count). The SMILES string of the molecule is CCOCC(=O)NC(C)(C)Cn1c(COCC)nc2c(N)nc3ccccc3c21. The first-order valence-corrected chi connectivity index (χ1v) is 9.86. The second kappa shape index (κ2) is 8.75. The van der Waals surface area contributed by atoms with Gasteiger partial charge in [0.2, 0.25) is 5.91 Å². The standard InChI is InChI=1S/C21H29N5O3/c1-5-28-11-16-24-18-19(14-9-7-8-10-15(14)23-20(18)22)26(16)13-21(3,4)25-17(27)12-29-6-2/h7-10H,5-6,11-13H2,1-4H3,(H2,22,23)(H,25,27). The molecule has 1 amide bonds. The first-order chi connectivity index (χ1) is 13.9. The van der Waals surface area contributed by atoms with Crippen molar-refractivity contribution in [2.24, 2.45) is 0 Å². The highest BCUT2D eigenvalue weighted by molar-refractivity contribution is 6.06. The molecule has 0 unspecified atom stereocenters. The number of rotatable bonds is 9. The summed E-state index contributed by atoms with van der Waals surface area (Å²) < 4.78 is 12.9. The summed E-state index contributed by atoms with van der Waals surface area (Å²) in [7, 11) is 0. The fraction of sp³-hybridized carbons (Fsp3) is 0.476. The van der Waals surface area contributed by atoms with Gasteiger partial charge in [0.25, 0.3) is 0 Å². The van der Waals surface area contributed by atoms with Crippen LogP contribution in [0.2, 0.25) is 0 Å². The number of anilines is 1. The second-order valence-electron chi connectivity index (χ2n) is 7.53. The number of imidazole rings is 1. The lowest BCUT2D eigenvalue weighted by molar-refractivity contribution is -0.127. The Morgan fingerprint density at radius 3 is 2.62 bits per heavy atom. The number of pyridine rings is 1. The number of aromatic nitrogens is 3. The van der Waals surface area contributed by atoms with E-state index in [2.05, 4.69) is 14.9 Å². The van der Waals surface area contributed by atoms with E-state index >= 15 is 0 Å². The zero-order chi connectivity index (χ0) is 21.0. The van der Waals surface area contributed by atoms with Crippen LogP contribution in [0.3, 0.4) is 0 Å². The normalized spacial score (nSPS) is 12.0. The molecule has 0 radical (unpaired) electrons. The van der Waals surface area contributed by atoms with Gasteiger partial charge in [-0.05, 0) is 33.8 Å². The molecule has 0 aliphatic carbocycles. The van der Waals surface area contributed by atoms with Crippen LogP contribution in [0.25, 0.3) is 21.9 Å². The molecule has 0 atom stereocenters. The van der Waals surface area contributed by atoms with Crippen LogP contribution in [0, 0.1) is 0 Å². The minimum atomic E-state index is -0.540. The van der Waals surface area contributed by atoms with E-state index in [-0.39, 0.29) is 12.5 Å². The third-order valence-electron chi connectivity index (χ3n) is 4.59. The molecule has 0 fully saturated rings. The fourth-order valence-corrected chi connectivity index (χ4v) is 3.42. The highest BCUT2D eigenvalue weighted by atomic mass is 16.5. The van der Waals surface area contributed by atoms with E-state index in [4.69, 9.17) is 20.2 Å². The van der Waals surface area contributed by atoms with E-state index in [1.54, 1.807) is 0 Å². The van der Waals surface area contributed by atoms with Gasteiger partial charge in [0, 0.05) is 25.1 Å². The van der Waals surface area contributed by atoms with E-state index in [0.29, 0.717) is 37.7 Å². The predicted molar refractivity (Wildman–Crippen MR) is 113 cm³/mol. The molecule has 0 spiro atoms. The van der Waals surface area contributed by atoms with Crippen LogP contribution in [0.5, 0.6) is 0 Å². The van der Waals surface area contributed by atoms with Gasteiger partial charge in [-0.3, -0.25) is 4.79 Å². The Bertz CT molecular complexity index is 1010. The number of nitrogens with two attached hydrogens (primary N) is 1. The van der Waals surface area contributed by atoms with Crippen LogP contribution in [0.1, 0.15) is 33.5 Å². The van der Waals surface area contributed by atoms with Gasteiger partial charge in [-0.15, -0.1) is 0 Å². The molecule has 1 aromatic carbocycles. The Balaban J connectivity index is 2.07. The lowest BCUT2D eigenvalue weighted by Crippen LogP contribution is -2.48. The molecule has 0 aliphatic heterocycles. The maximum absolute atomic E-state index is 12.2. The van der Waals surface area contributed by atoms with Gasteiger partial charge in [-0.1, -0.05) is 18.2 Å². The number of hydrogen-bond acceptors (Lipinski definition) is 6. The molecule has 2 aromatic heterocycles. The Morgan fingerprint density at radius 2 is 1.90 bits per heavy atom. The average molecular weight is 399 g/mol. The van der Waals surface area contributed by atoms with Crippen molar-refractivity contribution in [3.8, 4) is 0 Å². The van der Waals surface area contributed by atoms with E-state index in [9.17, 15) is 4.79 Å². The van der Waals surface area contributed by atoms with Crippen molar-refractivity contribution in [3.63, 3.8) is 0 Å². The lowest BCUT2D eigenvalue weighted by Gasteiger charge is -2.28. The molecular weight excluding hydrogens is 370 g/mol. The second-order valence-corrected chi connectivity index (χ2v) is 7.53. The number of nitrogen functional groups attached to an aromatic ring is 1. The summed E-state index contributed by atoms with van der Waals surface area (Å²) in [5, 5.41) is 4.00. The number of carbonyl (C=O) groups is 1. The summed E-state index contributed by atoms with van der Waals surface area (Å²) in [6, 6.07) is 7.83. The van der Waals surface area contributed by atoms with Crippen molar-refractivity contribution < 1.29 is 14.3 Å². The number of nitrogens with zero attached hydrogens (tertiary/aromatic N) is 3. The van der Waals surface area contributed by atoms with Crippen LogP contribution in [0.15, 0.2) is 24.3 Å². The quantitative estimate of drug-likeness (QED) is 0.573. The number of para-hydroxylation sites is 1. The smallest absolute Gasteiger partial charge is 0.246 e. The van der Waals surface area contributed by atoms with Crippen LogP contribution in [-0.2, 0) is 27.4 Å². The summed E-state index contributed by atoms with van der Waals surface area (Å²) in [5.41, 5.74) is 8.03. The lowest BCUT2D eigenvalue weighted by atomic mass is 10.0. The Labute approximate surface area is 170 Å². The molecule has 29 heavy (non-hydrogen) atoms. The molecular formula is C21H29N5O3. The van der Waals surface area contributed by atoms with Gasteiger partial charge in [0.05, 0.1) is 16.6 Å². The maximum atomic E-state index is 12.2. The van der Waals surface area contributed by atoms with Crippen LogP contribution >= 0.6 is 0 Å². The van der Waals surface area contributed by atoms with E-state index in [1.807, 2.05) is 52.0 Å². The summed E-state index contributed by atoms with van der Waals surface area (Å²) in [5.74, 6) is 0.978. The van der Waals surface area contributed by atoms with Gasteiger partial charge in [-0.2, -0.15) is 0 Å². The topological polar surface area (TPSA) is 104 Å². The number of nitrogens with one attached hydrogen (secondary N) is 1. The van der Waals surface area contributed by atoms with E-state index in [0.717, 1.165) is 22.2 Å². The number of fused-ring (bicyclic) bond motifs is 3. The molecule has 3 aromatic rings. The number of hydrogen-bond donors (Lipinski definition) is 2. The predicted octanol–water partition coefficient (Wildman–Crippen LogP) is 2.63. The van der Waals surface area contributed by atoms with Crippen LogP contribution in [-0.4, -0.2) is 45.8 Å². The summed E-state index contributed by atoms with van der Waals surface area (Å²) in [4.78, 5) is 21.4. The summed E-state index contributed by atoms with van der Waals surface area (Å²) >= 11 is 0. The van der Waals surface area contributed by atoms with Gasteiger partial charge < -0.3 is 25.1 Å². The minimum Gasteiger partial charge on any atom is -0.382 e. The van der Waals surface area contributed by atoms with Gasteiger partial charge in [-0.25, -0.2) is 9.97 Å². The van der Waals surface area contributed by atoms with Crippen molar-refractivity contribution in [2.75, 3.05) is 25.6 Å². The highest BCUT2D eigenvalue weighted by Gasteiger charge is 2.26. The molecule has 8 heteroatoms. The van der Waals surface area contributed by atoms with Gasteiger partial charge in [0.15, 0.2) is 5.82 Å². The molecule has 0 saturated carbocycles. The Kier molecular flexibility index (Phi) is 6.34. The molecule has 0 aliphatic rings. The first-order valence-electron chi connectivity index (χ1n) is 9.86.